The van der Waals surface area contributed by atoms with E-state index in [0.717, 1.165) is 5.39 Å². The molecule has 0 bridgehead atoms. The standard InChI is InChI=1S/C18H14O4/c1-21-18-13(7-8-17-14(18)9-10-22-17)16(20)11-15(19)12-5-3-2-4-6-12/h2-11,19H,1H3/b15-11-. The van der Waals surface area contributed by atoms with Crippen LogP contribution in [0.15, 0.2) is 65.3 Å². The summed E-state index contributed by atoms with van der Waals surface area (Å²) in [5.74, 6) is 0.0228. The summed E-state index contributed by atoms with van der Waals surface area (Å²) in [5, 5.41) is 10.8. The zero-order chi connectivity index (χ0) is 15.5. The number of hydrogen-bond donors (Lipinski definition) is 1. The van der Waals surface area contributed by atoms with Crippen LogP contribution >= 0.6 is 0 Å². The summed E-state index contributed by atoms with van der Waals surface area (Å²) < 4.78 is 10.6. The average Bonchev–Trinajstić information content (AvgIpc) is 3.03. The topological polar surface area (TPSA) is 59.7 Å². The van der Waals surface area contributed by atoms with Crippen molar-refractivity contribution in [2.24, 2.45) is 0 Å². The molecule has 0 aliphatic carbocycles. The van der Waals surface area contributed by atoms with Crippen molar-refractivity contribution in [3.63, 3.8) is 0 Å². The van der Waals surface area contributed by atoms with Crippen LogP contribution in [0, 0.1) is 0 Å². The van der Waals surface area contributed by atoms with Gasteiger partial charge < -0.3 is 14.3 Å². The quantitative estimate of drug-likeness (QED) is 0.444. The van der Waals surface area contributed by atoms with Gasteiger partial charge in [-0.25, -0.2) is 0 Å². The van der Waals surface area contributed by atoms with E-state index in [1.54, 1.807) is 48.7 Å². The van der Waals surface area contributed by atoms with E-state index >= 15 is 0 Å². The van der Waals surface area contributed by atoms with Crippen LogP contribution < -0.4 is 4.74 Å². The number of ether oxygens (including phenoxy) is 1. The second-order valence-corrected chi connectivity index (χ2v) is 4.74. The number of rotatable bonds is 4. The van der Waals surface area contributed by atoms with Gasteiger partial charge in [0, 0.05) is 11.6 Å². The number of allylic oxidation sites excluding steroid dienone is 1. The van der Waals surface area contributed by atoms with Gasteiger partial charge in [-0.2, -0.15) is 0 Å². The van der Waals surface area contributed by atoms with Crippen molar-refractivity contribution in [2.75, 3.05) is 7.11 Å². The Labute approximate surface area is 127 Å². The van der Waals surface area contributed by atoms with Crippen LogP contribution in [0.5, 0.6) is 5.75 Å². The number of carbonyl (C=O) groups is 1. The van der Waals surface area contributed by atoms with Crippen LogP contribution in [0.4, 0.5) is 0 Å². The lowest BCUT2D eigenvalue weighted by atomic mass is 10.0. The Kier molecular flexibility index (Phi) is 3.66. The highest BCUT2D eigenvalue weighted by Gasteiger charge is 2.16. The Morgan fingerprint density at radius 2 is 1.91 bits per heavy atom. The lowest BCUT2D eigenvalue weighted by molar-refractivity contribution is 0.104. The van der Waals surface area contributed by atoms with Crippen molar-refractivity contribution in [3.05, 3.63) is 72.0 Å². The third kappa shape index (κ3) is 2.46. The van der Waals surface area contributed by atoms with Crippen molar-refractivity contribution < 1.29 is 19.1 Å². The molecule has 22 heavy (non-hydrogen) atoms. The van der Waals surface area contributed by atoms with Gasteiger partial charge in [0.25, 0.3) is 0 Å². The first kappa shape index (κ1) is 13.9. The molecule has 3 rings (SSSR count). The molecule has 0 saturated heterocycles. The highest BCUT2D eigenvalue weighted by molar-refractivity contribution is 6.12. The Morgan fingerprint density at radius 3 is 2.64 bits per heavy atom. The fourth-order valence-corrected chi connectivity index (χ4v) is 2.33. The second-order valence-electron chi connectivity index (χ2n) is 4.74. The second kappa shape index (κ2) is 5.77. The van der Waals surface area contributed by atoms with Crippen LogP contribution in [-0.2, 0) is 0 Å². The number of aliphatic hydroxyl groups is 1. The summed E-state index contributed by atoms with van der Waals surface area (Å²) in [4.78, 5) is 12.4. The highest BCUT2D eigenvalue weighted by Crippen LogP contribution is 2.31. The van der Waals surface area contributed by atoms with Crippen molar-refractivity contribution in [3.8, 4) is 5.75 Å². The van der Waals surface area contributed by atoms with Gasteiger partial charge in [-0.05, 0) is 18.2 Å². The highest BCUT2D eigenvalue weighted by atomic mass is 16.5. The third-order valence-corrected chi connectivity index (χ3v) is 3.39. The maximum atomic E-state index is 12.4. The fourth-order valence-electron chi connectivity index (χ4n) is 2.33. The molecule has 4 nitrogen and oxygen atoms in total. The summed E-state index contributed by atoms with van der Waals surface area (Å²) in [6.07, 6.45) is 2.73. The molecule has 4 heteroatoms. The van der Waals surface area contributed by atoms with Gasteiger partial charge in [0.1, 0.15) is 17.1 Å². The predicted molar refractivity (Wildman–Crippen MR) is 84.1 cm³/mol. The maximum absolute atomic E-state index is 12.4. The molecule has 0 unspecified atom stereocenters. The van der Waals surface area contributed by atoms with Gasteiger partial charge in [-0.3, -0.25) is 4.79 Å². The molecule has 1 aromatic heterocycles. The average molecular weight is 294 g/mol. The Hall–Kier alpha value is -3.01. The summed E-state index contributed by atoms with van der Waals surface area (Å²) in [5.41, 5.74) is 1.60. The van der Waals surface area contributed by atoms with Gasteiger partial charge in [0.05, 0.1) is 24.3 Å². The molecule has 1 heterocycles. The monoisotopic (exact) mass is 294 g/mol. The minimum atomic E-state index is -0.332. The molecule has 0 spiro atoms. The minimum absolute atomic E-state index is 0.0834. The molecule has 0 aliphatic rings. The van der Waals surface area contributed by atoms with E-state index in [9.17, 15) is 9.90 Å². The number of benzene rings is 2. The lowest BCUT2D eigenvalue weighted by Gasteiger charge is -2.07. The van der Waals surface area contributed by atoms with Crippen molar-refractivity contribution in [1.29, 1.82) is 0 Å². The fraction of sp³-hybridized carbons (Fsp3) is 0.0556. The van der Waals surface area contributed by atoms with E-state index in [4.69, 9.17) is 9.15 Å². The normalized spacial score (nSPS) is 11.6. The zero-order valence-electron chi connectivity index (χ0n) is 11.9. The van der Waals surface area contributed by atoms with E-state index in [1.165, 1.54) is 13.2 Å². The van der Waals surface area contributed by atoms with Crippen molar-refractivity contribution in [2.45, 2.75) is 0 Å². The molecule has 0 saturated carbocycles. The minimum Gasteiger partial charge on any atom is -0.507 e. The van der Waals surface area contributed by atoms with Gasteiger partial charge in [-0.1, -0.05) is 30.3 Å². The van der Waals surface area contributed by atoms with Gasteiger partial charge in [0.15, 0.2) is 5.78 Å². The number of ketones is 1. The van der Waals surface area contributed by atoms with Crippen molar-refractivity contribution in [1.82, 2.24) is 0 Å². The van der Waals surface area contributed by atoms with Crippen LogP contribution in [0.2, 0.25) is 0 Å². The molecule has 0 aliphatic heterocycles. The van der Waals surface area contributed by atoms with Crippen LogP contribution in [0.3, 0.4) is 0 Å². The first-order chi connectivity index (χ1) is 10.7. The van der Waals surface area contributed by atoms with Crippen molar-refractivity contribution >= 4 is 22.5 Å². The summed E-state index contributed by atoms with van der Waals surface area (Å²) in [6.45, 7) is 0. The number of methoxy groups -OCH3 is 1. The molecule has 0 amide bonds. The summed E-state index contributed by atoms with van der Waals surface area (Å²) >= 11 is 0. The number of furan rings is 1. The smallest absolute Gasteiger partial charge is 0.193 e. The van der Waals surface area contributed by atoms with E-state index < -0.39 is 0 Å². The van der Waals surface area contributed by atoms with Crippen LogP contribution in [0.1, 0.15) is 15.9 Å². The molecule has 0 radical (unpaired) electrons. The van der Waals surface area contributed by atoms with Gasteiger partial charge in [-0.15, -0.1) is 0 Å². The van der Waals surface area contributed by atoms with Gasteiger partial charge >= 0.3 is 0 Å². The molecule has 2 aromatic carbocycles. The maximum Gasteiger partial charge on any atom is 0.193 e. The predicted octanol–water partition coefficient (Wildman–Crippen LogP) is 4.22. The Balaban J connectivity index is 2.02. The summed E-state index contributed by atoms with van der Waals surface area (Å²) in [7, 11) is 1.50. The van der Waals surface area contributed by atoms with E-state index in [0.29, 0.717) is 22.5 Å². The Morgan fingerprint density at radius 1 is 1.14 bits per heavy atom. The lowest BCUT2D eigenvalue weighted by Crippen LogP contribution is -2.00. The molecule has 0 fully saturated rings. The van der Waals surface area contributed by atoms with Crippen LogP contribution in [0.25, 0.3) is 16.7 Å². The molecular formula is C18H14O4. The molecule has 1 N–H and O–H groups in total. The molecule has 3 aromatic rings. The van der Waals surface area contributed by atoms with E-state index in [2.05, 4.69) is 0 Å². The largest absolute Gasteiger partial charge is 0.507 e. The first-order valence-electron chi connectivity index (χ1n) is 6.75. The molecule has 0 atom stereocenters. The SMILES string of the molecule is COc1c(C(=O)/C=C(\O)c2ccccc2)ccc2occc12. The van der Waals surface area contributed by atoms with Gasteiger partial charge in [0.2, 0.25) is 0 Å². The van der Waals surface area contributed by atoms with Crippen LogP contribution in [-0.4, -0.2) is 18.0 Å². The third-order valence-electron chi connectivity index (χ3n) is 3.39. The van der Waals surface area contributed by atoms with E-state index in [-0.39, 0.29) is 11.5 Å². The molecular weight excluding hydrogens is 280 g/mol. The first-order valence-corrected chi connectivity index (χ1v) is 6.75. The number of hydrogen-bond acceptors (Lipinski definition) is 4. The Bertz CT molecular complexity index is 844. The summed E-state index contributed by atoms with van der Waals surface area (Å²) in [6, 6.07) is 14.0. The zero-order valence-corrected chi connectivity index (χ0v) is 11.9. The van der Waals surface area contributed by atoms with E-state index in [1.807, 2.05) is 6.07 Å². The number of carbonyl (C=O) groups excluding carboxylic acids is 1. The number of fused-ring (bicyclic) bond motifs is 1. The number of aliphatic hydroxyl groups excluding tert-OH is 1. The molecule has 110 valence electrons.